The number of amides is 1. The van der Waals surface area contributed by atoms with Crippen molar-refractivity contribution in [3.8, 4) is 0 Å². The second-order valence-corrected chi connectivity index (χ2v) is 6.01. The van der Waals surface area contributed by atoms with Crippen LogP contribution in [-0.2, 0) is 14.8 Å². The highest BCUT2D eigenvalue weighted by Gasteiger charge is 2.27. The lowest BCUT2D eigenvalue weighted by molar-refractivity contribution is -0.121. The van der Waals surface area contributed by atoms with Gasteiger partial charge in [0.2, 0.25) is 16.8 Å². The van der Waals surface area contributed by atoms with E-state index in [0.717, 1.165) is 22.9 Å². The molecule has 20 heavy (non-hydrogen) atoms. The SMILES string of the molecule is CCCNC(=O)CN(C)S(=O)(=O)c1ccc(C(=O)O)o1. The van der Waals surface area contributed by atoms with Gasteiger partial charge >= 0.3 is 5.97 Å². The fraction of sp³-hybridized carbons (Fsp3) is 0.455. The van der Waals surface area contributed by atoms with Crippen molar-refractivity contribution in [2.24, 2.45) is 0 Å². The lowest BCUT2D eigenvalue weighted by Gasteiger charge is -2.14. The van der Waals surface area contributed by atoms with Crippen LogP contribution in [-0.4, -0.2) is 49.8 Å². The van der Waals surface area contributed by atoms with E-state index in [1.54, 1.807) is 0 Å². The zero-order valence-corrected chi connectivity index (χ0v) is 11.9. The molecule has 0 atom stereocenters. The van der Waals surface area contributed by atoms with Crippen molar-refractivity contribution in [2.75, 3.05) is 20.1 Å². The largest absolute Gasteiger partial charge is 0.475 e. The molecule has 0 saturated carbocycles. The highest BCUT2D eigenvalue weighted by Crippen LogP contribution is 2.17. The van der Waals surface area contributed by atoms with E-state index in [4.69, 9.17) is 9.52 Å². The lowest BCUT2D eigenvalue weighted by atomic mass is 10.4. The summed E-state index contributed by atoms with van der Waals surface area (Å²) in [4.78, 5) is 22.1. The van der Waals surface area contributed by atoms with Crippen LogP contribution in [0, 0.1) is 0 Å². The third kappa shape index (κ3) is 3.81. The Morgan fingerprint density at radius 1 is 1.40 bits per heavy atom. The van der Waals surface area contributed by atoms with Crippen LogP contribution in [0.25, 0.3) is 0 Å². The summed E-state index contributed by atoms with van der Waals surface area (Å²) in [7, 11) is -2.82. The molecule has 9 heteroatoms. The minimum absolute atomic E-state index is 0.370. The number of carboxylic acids is 1. The molecule has 2 N–H and O–H groups in total. The highest BCUT2D eigenvalue weighted by molar-refractivity contribution is 7.89. The molecule has 0 radical (unpaired) electrons. The van der Waals surface area contributed by atoms with Crippen molar-refractivity contribution in [1.82, 2.24) is 9.62 Å². The van der Waals surface area contributed by atoms with Gasteiger partial charge in [0.15, 0.2) is 0 Å². The molecule has 0 saturated heterocycles. The number of furan rings is 1. The Hall–Kier alpha value is -1.87. The molecule has 0 bridgehead atoms. The predicted molar refractivity (Wildman–Crippen MR) is 68.8 cm³/mol. The molecule has 0 aromatic carbocycles. The standard InChI is InChI=1S/C11H16N2O6S/c1-3-6-12-9(14)7-13(2)20(17,18)10-5-4-8(19-10)11(15)16/h4-5H,3,6-7H2,1-2H3,(H,12,14)(H,15,16). The second kappa shape index (κ2) is 6.53. The van der Waals surface area contributed by atoms with Crippen molar-refractivity contribution < 1.29 is 27.5 Å². The number of hydrogen-bond donors (Lipinski definition) is 2. The van der Waals surface area contributed by atoms with Crippen molar-refractivity contribution in [1.29, 1.82) is 0 Å². The van der Waals surface area contributed by atoms with Crippen LogP contribution >= 0.6 is 0 Å². The number of likely N-dealkylation sites (N-methyl/N-ethyl adjacent to an activating group) is 1. The summed E-state index contributed by atoms with van der Waals surface area (Å²) >= 11 is 0. The predicted octanol–water partition coefficient (Wildman–Crippen LogP) is 0.124. The molecule has 1 aromatic heterocycles. The minimum atomic E-state index is -4.03. The van der Waals surface area contributed by atoms with E-state index in [2.05, 4.69) is 5.32 Å². The average Bonchev–Trinajstić information content (AvgIpc) is 2.86. The summed E-state index contributed by atoms with van der Waals surface area (Å²) in [5.41, 5.74) is 0. The Kier molecular flexibility index (Phi) is 5.28. The fourth-order valence-corrected chi connectivity index (χ4v) is 2.36. The monoisotopic (exact) mass is 304 g/mol. The Labute approximate surface area is 116 Å². The van der Waals surface area contributed by atoms with Gasteiger partial charge in [-0.2, -0.15) is 4.31 Å². The van der Waals surface area contributed by atoms with Crippen LogP contribution in [0.3, 0.4) is 0 Å². The summed E-state index contributed by atoms with van der Waals surface area (Å²) in [6.07, 6.45) is 0.738. The second-order valence-electron chi connectivity index (χ2n) is 4.03. The number of rotatable bonds is 7. The van der Waals surface area contributed by atoms with Crippen molar-refractivity contribution in [3.63, 3.8) is 0 Å². The maximum atomic E-state index is 12.0. The maximum Gasteiger partial charge on any atom is 0.371 e. The molecule has 0 aliphatic heterocycles. The Morgan fingerprint density at radius 2 is 2.05 bits per heavy atom. The van der Waals surface area contributed by atoms with Gasteiger partial charge in [-0.15, -0.1) is 0 Å². The molecular formula is C11H16N2O6S. The van der Waals surface area contributed by atoms with Gasteiger partial charge in [-0.1, -0.05) is 6.92 Å². The van der Waals surface area contributed by atoms with Gasteiger partial charge in [0.05, 0.1) is 6.54 Å². The van der Waals surface area contributed by atoms with E-state index < -0.39 is 32.8 Å². The molecule has 8 nitrogen and oxygen atoms in total. The zero-order valence-electron chi connectivity index (χ0n) is 11.1. The van der Waals surface area contributed by atoms with Crippen molar-refractivity contribution >= 4 is 21.9 Å². The normalized spacial score (nSPS) is 11.6. The van der Waals surface area contributed by atoms with Crippen LogP contribution in [0.4, 0.5) is 0 Å². The molecule has 1 rings (SSSR count). The smallest absolute Gasteiger partial charge is 0.371 e. The minimum Gasteiger partial charge on any atom is -0.475 e. The van der Waals surface area contributed by atoms with Crippen molar-refractivity contribution in [2.45, 2.75) is 18.4 Å². The van der Waals surface area contributed by atoms with Gasteiger partial charge in [0, 0.05) is 13.6 Å². The zero-order chi connectivity index (χ0) is 15.3. The van der Waals surface area contributed by atoms with Crippen LogP contribution in [0.1, 0.15) is 23.9 Å². The third-order valence-corrected chi connectivity index (χ3v) is 4.07. The van der Waals surface area contributed by atoms with E-state index in [0.29, 0.717) is 6.54 Å². The molecule has 0 aliphatic carbocycles. The highest BCUT2D eigenvalue weighted by atomic mass is 32.2. The first-order chi connectivity index (χ1) is 9.28. The fourth-order valence-electron chi connectivity index (χ4n) is 1.33. The van der Waals surface area contributed by atoms with Gasteiger partial charge < -0.3 is 14.8 Å². The molecule has 1 amide bonds. The first-order valence-electron chi connectivity index (χ1n) is 5.85. The Balaban J connectivity index is 2.81. The summed E-state index contributed by atoms with van der Waals surface area (Å²) in [6, 6.07) is 2.08. The summed E-state index contributed by atoms with van der Waals surface area (Å²) in [6.45, 7) is 1.96. The number of carbonyl (C=O) groups excluding carboxylic acids is 1. The van der Waals surface area contributed by atoms with E-state index >= 15 is 0 Å². The molecule has 112 valence electrons. The van der Waals surface area contributed by atoms with E-state index in [9.17, 15) is 18.0 Å². The van der Waals surface area contributed by atoms with E-state index in [1.807, 2.05) is 6.92 Å². The number of hydrogen-bond acceptors (Lipinski definition) is 5. The molecule has 1 aromatic rings. The molecule has 0 unspecified atom stereocenters. The van der Waals surface area contributed by atoms with Crippen molar-refractivity contribution in [3.05, 3.63) is 17.9 Å². The lowest BCUT2D eigenvalue weighted by Crippen LogP contribution is -2.38. The van der Waals surface area contributed by atoms with Gasteiger partial charge in [0.25, 0.3) is 10.0 Å². The number of nitrogens with zero attached hydrogens (tertiary/aromatic N) is 1. The first-order valence-corrected chi connectivity index (χ1v) is 7.29. The van der Waals surface area contributed by atoms with Gasteiger partial charge in [-0.3, -0.25) is 4.79 Å². The topological polar surface area (TPSA) is 117 Å². The summed E-state index contributed by atoms with van der Waals surface area (Å²) in [5.74, 6) is -2.29. The number of carboxylic acid groups (broad SMARTS) is 1. The van der Waals surface area contributed by atoms with Gasteiger partial charge in [-0.05, 0) is 18.6 Å². The number of carbonyl (C=O) groups is 2. The molecular weight excluding hydrogens is 288 g/mol. The number of nitrogens with one attached hydrogen (secondary N) is 1. The van der Waals surface area contributed by atoms with Gasteiger partial charge in [-0.25, -0.2) is 13.2 Å². The maximum absolute atomic E-state index is 12.0. The van der Waals surface area contributed by atoms with E-state index in [1.165, 1.54) is 7.05 Å². The molecule has 0 spiro atoms. The molecule has 0 fully saturated rings. The Bertz CT molecular complexity index is 592. The van der Waals surface area contributed by atoms with Crippen LogP contribution < -0.4 is 5.32 Å². The van der Waals surface area contributed by atoms with E-state index in [-0.39, 0.29) is 6.54 Å². The first kappa shape index (κ1) is 16.2. The summed E-state index contributed by atoms with van der Waals surface area (Å²) in [5, 5.41) is 10.7. The Morgan fingerprint density at radius 3 is 2.55 bits per heavy atom. The molecule has 1 heterocycles. The molecule has 0 aliphatic rings. The quantitative estimate of drug-likeness (QED) is 0.739. The number of sulfonamides is 1. The third-order valence-electron chi connectivity index (χ3n) is 2.40. The van der Waals surface area contributed by atoms with Crippen LogP contribution in [0.2, 0.25) is 0 Å². The van der Waals surface area contributed by atoms with Gasteiger partial charge in [0.1, 0.15) is 0 Å². The number of aromatic carboxylic acids is 1. The summed E-state index contributed by atoms with van der Waals surface area (Å²) < 4.78 is 29.6. The van der Waals surface area contributed by atoms with Crippen LogP contribution in [0.15, 0.2) is 21.6 Å². The van der Waals surface area contributed by atoms with Crippen LogP contribution in [0.5, 0.6) is 0 Å². The average molecular weight is 304 g/mol.